The molecule has 6 nitrogen and oxygen atoms in total. The Morgan fingerprint density at radius 1 is 1.39 bits per heavy atom. The third-order valence-electron chi connectivity index (χ3n) is 1.94. The largest absolute Gasteiger partial charge is 0.469 e. The number of hydrogen-bond donors (Lipinski definition) is 1. The molecule has 0 saturated heterocycles. The standard InChI is InChI=1S/C11H21NO5S/c1-10(2)9-17-7-6-12-18(14,15)8-4-5-11(13)16-3/h12H,1,4-9H2,2-3H3. The highest BCUT2D eigenvalue weighted by molar-refractivity contribution is 7.89. The van der Waals surface area contributed by atoms with E-state index in [1.807, 2.05) is 6.92 Å². The Bertz CT molecular complexity index is 364. The molecule has 0 rings (SSSR count). The summed E-state index contributed by atoms with van der Waals surface area (Å²) in [5, 5.41) is 0. The molecule has 7 heteroatoms. The van der Waals surface area contributed by atoms with Crippen molar-refractivity contribution in [3.8, 4) is 0 Å². The number of esters is 1. The Morgan fingerprint density at radius 2 is 2.06 bits per heavy atom. The lowest BCUT2D eigenvalue weighted by Crippen LogP contribution is -2.30. The van der Waals surface area contributed by atoms with Gasteiger partial charge in [-0.25, -0.2) is 13.1 Å². The number of sulfonamides is 1. The molecule has 106 valence electrons. The summed E-state index contributed by atoms with van der Waals surface area (Å²) in [6.45, 7) is 6.42. The molecule has 0 amide bonds. The summed E-state index contributed by atoms with van der Waals surface area (Å²) in [5.41, 5.74) is 0.885. The van der Waals surface area contributed by atoms with Gasteiger partial charge in [0.25, 0.3) is 0 Å². The molecule has 0 aliphatic heterocycles. The van der Waals surface area contributed by atoms with Crippen LogP contribution >= 0.6 is 0 Å². The fraction of sp³-hybridized carbons (Fsp3) is 0.727. The smallest absolute Gasteiger partial charge is 0.305 e. The second-order valence-electron chi connectivity index (χ2n) is 3.90. The lowest BCUT2D eigenvalue weighted by molar-refractivity contribution is -0.140. The molecule has 0 bridgehead atoms. The van der Waals surface area contributed by atoms with Crippen molar-refractivity contribution in [2.24, 2.45) is 0 Å². The van der Waals surface area contributed by atoms with Crippen molar-refractivity contribution < 1.29 is 22.7 Å². The van der Waals surface area contributed by atoms with Crippen molar-refractivity contribution in [2.45, 2.75) is 19.8 Å². The molecule has 0 aliphatic rings. The predicted octanol–water partition coefficient (Wildman–Crippen LogP) is 0.452. The fourth-order valence-corrected chi connectivity index (χ4v) is 2.16. The highest BCUT2D eigenvalue weighted by Crippen LogP contribution is 1.96. The molecule has 0 fully saturated rings. The zero-order valence-electron chi connectivity index (χ0n) is 10.9. The molecule has 0 aromatic heterocycles. The molecule has 0 aliphatic carbocycles. The molecule has 1 N–H and O–H groups in total. The van der Waals surface area contributed by atoms with Gasteiger partial charge >= 0.3 is 5.97 Å². The minimum absolute atomic E-state index is 0.0947. The first kappa shape index (κ1) is 17.1. The summed E-state index contributed by atoms with van der Waals surface area (Å²) in [7, 11) is -2.07. The first-order valence-electron chi connectivity index (χ1n) is 5.63. The van der Waals surface area contributed by atoms with E-state index in [0.29, 0.717) is 13.2 Å². The number of hydrogen-bond acceptors (Lipinski definition) is 5. The van der Waals surface area contributed by atoms with Gasteiger partial charge in [-0.3, -0.25) is 4.79 Å². The Morgan fingerprint density at radius 3 is 2.61 bits per heavy atom. The van der Waals surface area contributed by atoms with E-state index in [2.05, 4.69) is 16.0 Å². The Labute approximate surface area is 108 Å². The molecule has 0 spiro atoms. The molecule has 0 aromatic rings. The Hall–Kier alpha value is -0.920. The lowest BCUT2D eigenvalue weighted by atomic mass is 10.3. The third-order valence-corrected chi connectivity index (χ3v) is 3.41. The van der Waals surface area contributed by atoms with Crippen LogP contribution in [0.2, 0.25) is 0 Å². The van der Waals surface area contributed by atoms with Gasteiger partial charge in [-0.05, 0) is 13.3 Å². The topological polar surface area (TPSA) is 81.7 Å². The van der Waals surface area contributed by atoms with Crippen molar-refractivity contribution in [1.29, 1.82) is 0 Å². The molecular formula is C11H21NO5S. The van der Waals surface area contributed by atoms with Crippen molar-refractivity contribution >= 4 is 16.0 Å². The van der Waals surface area contributed by atoms with Gasteiger partial charge in [0, 0.05) is 13.0 Å². The van der Waals surface area contributed by atoms with Crippen LogP contribution in [0.4, 0.5) is 0 Å². The van der Waals surface area contributed by atoms with Crippen LogP contribution in [0.15, 0.2) is 12.2 Å². The van der Waals surface area contributed by atoms with Gasteiger partial charge in [0.15, 0.2) is 0 Å². The Kier molecular flexibility index (Phi) is 8.61. The molecule has 0 saturated carbocycles. The van der Waals surface area contributed by atoms with E-state index in [1.165, 1.54) is 7.11 Å². The van der Waals surface area contributed by atoms with E-state index >= 15 is 0 Å². The zero-order valence-corrected chi connectivity index (χ0v) is 11.7. The van der Waals surface area contributed by atoms with Gasteiger partial charge in [-0.15, -0.1) is 0 Å². The summed E-state index contributed by atoms with van der Waals surface area (Å²) in [6.07, 6.45) is 0.345. The summed E-state index contributed by atoms with van der Waals surface area (Å²) >= 11 is 0. The van der Waals surface area contributed by atoms with E-state index in [1.54, 1.807) is 0 Å². The first-order valence-corrected chi connectivity index (χ1v) is 7.29. The van der Waals surface area contributed by atoms with Gasteiger partial charge in [-0.1, -0.05) is 12.2 Å². The maximum absolute atomic E-state index is 11.5. The molecule has 0 atom stereocenters. The summed E-state index contributed by atoms with van der Waals surface area (Å²) in [5.74, 6) is -0.502. The highest BCUT2D eigenvalue weighted by atomic mass is 32.2. The van der Waals surface area contributed by atoms with E-state index in [0.717, 1.165) is 5.57 Å². The third kappa shape index (κ3) is 10.2. The molecular weight excluding hydrogens is 258 g/mol. The number of ether oxygens (including phenoxy) is 2. The quantitative estimate of drug-likeness (QED) is 0.357. The van der Waals surface area contributed by atoms with Crippen LogP contribution in [0.5, 0.6) is 0 Å². The van der Waals surface area contributed by atoms with E-state index in [9.17, 15) is 13.2 Å². The van der Waals surface area contributed by atoms with Crippen LogP contribution in [-0.4, -0.2) is 47.0 Å². The van der Waals surface area contributed by atoms with Crippen LogP contribution in [0.25, 0.3) is 0 Å². The first-order chi connectivity index (χ1) is 8.37. The van der Waals surface area contributed by atoms with Gasteiger partial charge in [0.05, 0.1) is 26.1 Å². The van der Waals surface area contributed by atoms with E-state index < -0.39 is 16.0 Å². The Balaban J connectivity index is 3.67. The molecule has 0 aromatic carbocycles. The molecule has 0 radical (unpaired) electrons. The monoisotopic (exact) mass is 279 g/mol. The average Bonchev–Trinajstić information content (AvgIpc) is 2.27. The maximum Gasteiger partial charge on any atom is 0.305 e. The van der Waals surface area contributed by atoms with E-state index in [-0.39, 0.29) is 25.1 Å². The predicted molar refractivity (Wildman–Crippen MR) is 68.7 cm³/mol. The molecule has 0 heterocycles. The molecule has 0 unspecified atom stereocenters. The summed E-state index contributed by atoms with van der Waals surface area (Å²) in [4.78, 5) is 10.8. The van der Waals surface area contributed by atoms with Crippen LogP contribution < -0.4 is 4.72 Å². The number of methoxy groups -OCH3 is 1. The minimum Gasteiger partial charge on any atom is -0.469 e. The fourth-order valence-electron chi connectivity index (χ4n) is 1.10. The van der Waals surface area contributed by atoms with Gasteiger partial charge in [-0.2, -0.15) is 0 Å². The van der Waals surface area contributed by atoms with Crippen LogP contribution in [0.3, 0.4) is 0 Å². The lowest BCUT2D eigenvalue weighted by Gasteiger charge is -2.07. The van der Waals surface area contributed by atoms with Crippen molar-refractivity contribution in [3.05, 3.63) is 12.2 Å². The highest BCUT2D eigenvalue weighted by Gasteiger charge is 2.10. The maximum atomic E-state index is 11.5. The second kappa shape index (κ2) is 9.07. The van der Waals surface area contributed by atoms with Crippen LogP contribution in [0.1, 0.15) is 19.8 Å². The van der Waals surface area contributed by atoms with Crippen molar-refractivity contribution in [1.82, 2.24) is 4.72 Å². The van der Waals surface area contributed by atoms with E-state index in [4.69, 9.17) is 4.74 Å². The zero-order chi connectivity index (χ0) is 14.0. The summed E-state index contributed by atoms with van der Waals surface area (Å²) in [6, 6.07) is 0. The van der Waals surface area contributed by atoms with Gasteiger partial charge in [0.1, 0.15) is 0 Å². The molecule has 18 heavy (non-hydrogen) atoms. The van der Waals surface area contributed by atoms with Crippen LogP contribution in [0, 0.1) is 0 Å². The number of carbonyl (C=O) groups excluding carboxylic acids is 1. The number of nitrogens with one attached hydrogen (secondary N) is 1. The SMILES string of the molecule is C=C(C)COCCNS(=O)(=O)CCCC(=O)OC. The van der Waals surface area contributed by atoms with Crippen molar-refractivity contribution in [3.63, 3.8) is 0 Å². The average molecular weight is 279 g/mol. The van der Waals surface area contributed by atoms with Gasteiger partial charge < -0.3 is 9.47 Å². The minimum atomic E-state index is -3.35. The summed E-state index contributed by atoms with van der Waals surface area (Å²) < 4.78 is 34.9. The van der Waals surface area contributed by atoms with Gasteiger partial charge in [0.2, 0.25) is 10.0 Å². The number of rotatable bonds is 10. The number of carbonyl (C=O) groups is 1. The van der Waals surface area contributed by atoms with Crippen molar-refractivity contribution in [2.75, 3.05) is 32.6 Å². The van der Waals surface area contributed by atoms with Crippen LogP contribution in [-0.2, 0) is 24.3 Å². The second-order valence-corrected chi connectivity index (χ2v) is 5.83. The normalized spacial score (nSPS) is 11.2.